The van der Waals surface area contributed by atoms with Crippen LogP contribution in [0.4, 0.5) is 0 Å². The van der Waals surface area contributed by atoms with Crippen molar-refractivity contribution in [2.75, 3.05) is 6.54 Å². The normalized spacial score (nSPS) is 12.8. The Kier molecular flexibility index (Phi) is 4.42. The summed E-state index contributed by atoms with van der Waals surface area (Å²) in [6.45, 7) is 0.341. The van der Waals surface area contributed by atoms with Crippen LogP contribution >= 0.6 is 15.9 Å². The number of aryl methyl sites for hydroxylation is 1. The summed E-state index contributed by atoms with van der Waals surface area (Å²) in [6.07, 6.45) is 1.23. The van der Waals surface area contributed by atoms with Crippen molar-refractivity contribution in [2.24, 2.45) is 5.73 Å². The molecule has 0 radical (unpaired) electrons. The van der Waals surface area contributed by atoms with Gasteiger partial charge in [-0.3, -0.25) is 0 Å². The predicted molar refractivity (Wildman–Crippen MR) is 57.5 cm³/mol. The molecule has 0 fully saturated rings. The maximum absolute atomic E-state index is 9.25. The Labute approximate surface area is 86.9 Å². The van der Waals surface area contributed by atoms with Gasteiger partial charge >= 0.3 is 0 Å². The van der Waals surface area contributed by atoms with Crippen molar-refractivity contribution < 1.29 is 5.11 Å². The van der Waals surface area contributed by atoms with Gasteiger partial charge in [0.25, 0.3) is 0 Å². The predicted octanol–water partition coefficient (Wildman–Crippen LogP) is 1.70. The van der Waals surface area contributed by atoms with Gasteiger partial charge in [0.2, 0.25) is 0 Å². The molecule has 1 aromatic rings. The molecule has 0 aliphatic heterocycles. The van der Waals surface area contributed by atoms with Crippen LogP contribution < -0.4 is 5.73 Å². The second-order valence-corrected chi connectivity index (χ2v) is 3.97. The van der Waals surface area contributed by atoms with Crippen LogP contribution in [0.3, 0.4) is 0 Å². The molecule has 3 heteroatoms. The molecule has 3 N–H and O–H groups in total. The zero-order valence-corrected chi connectivity index (χ0v) is 9.00. The highest BCUT2D eigenvalue weighted by molar-refractivity contribution is 9.10. The molecule has 13 heavy (non-hydrogen) atoms. The number of halogens is 1. The Morgan fingerprint density at radius 1 is 1.46 bits per heavy atom. The minimum Gasteiger partial charge on any atom is -0.392 e. The Bertz CT molecular complexity index is 265. The molecule has 0 aliphatic carbocycles. The van der Waals surface area contributed by atoms with Crippen molar-refractivity contribution >= 4 is 15.9 Å². The first-order valence-corrected chi connectivity index (χ1v) is 5.14. The number of hydrogen-bond acceptors (Lipinski definition) is 2. The van der Waals surface area contributed by atoms with Crippen LogP contribution in [0.25, 0.3) is 0 Å². The third kappa shape index (κ3) is 3.89. The lowest BCUT2D eigenvalue weighted by Gasteiger charge is -2.07. The number of benzene rings is 1. The monoisotopic (exact) mass is 243 g/mol. The van der Waals surface area contributed by atoms with Gasteiger partial charge in [0.05, 0.1) is 6.10 Å². The molecule has 0 bridgehead atoms. The van der Waals surface area contributed by atoms with Gasteiger partial charge in [-0.05, 0) is 30.5 Å². The molecule has 72 valence electrons. The topological polar surface area (TPSA) is 46.2 Å². The lowest BCUT2D eigenvalue weighted by Crippen LogP contribution is -2.20. The van der Waals surface area contributed by atoms with Crippen LogP contribution in [0.2, 0.25) is 0 Å². The van der Waals surface area contributed by atoms with Crippen LogP contribution in [0.1, 0.15) is 12.0 Å². The fourth-order valence-corrected chi connectivity index (χ4v) is 1.59. The molecular formula is C10H14BrNO. The van der Waals surface area contributed by atoms with Gasteiger partial charge < -0.3 is 10.8 Å². The van der Waals surface area contributed by atoms with Gasteiger partial charge in [-0.1, -0.05) is 28.1 Å². The van der Waals surface area contributed by atoms with E-state index in [0.29, 0.717) is 6.54 Å². The summed E-state index contributed by atoms with van der Waals surface area (Å²) in [5.74, 6) is 0. The average molecular weight is 244 g/mol. The SMILES string of the molecule is NCC(O)CCc1cccc(Br)c1. The molecule has 0 amide bonds. The molecule has 1 atom stereocenters. The quantitative estimate of drug-likeness (QED) is 0.846. The van der Waals surface area contributed by atoms with Gasteiger partial charge in [0.15, 0.2) is 0 Å². The number of hydrogen-bond donors (Lipinski definition) is 2. The van der Waals surface area contributed by atoms with Crippen LogP contribution in [0.5, 0.6) is 0 Å². The molecule has 0 saturated heterocycles. The number of rotatable bonds is 4. The maximum atomic E-state index is 9.25. The summed E-state index contributed by atoms with van der Waals surface area (Å²) in [5.41, 5.74) is 6.53. The van der Waals surface area contributed by atoms with Crippen LogP contribution in [0.15, 0.2) is 28.7 Å². The van der Waals surface area contributed by atoms with Crippen molar-refractivity contribution in [2.45, 2.75) is 18.9 Å². The second kappa shape index (κ2) is 5.37. The summed E-state index contributed by atoms with van der Waals surface area (Å²) in [5, 5.41) is 9.25. The highest BCUT2D eigenvalue weighted by atomic mass is 79.9. The maximum Gasteiger partial charge on any atom is 0.0665 e. The Hall–Kier alpha value is -0.380. The molecule has 0 aliphatic rings. The Morgan fingerprint density at radius 3 is 2.85 bits per heavy atom. The summed E-state index contributed by atoms with van der Waals surface area (Å²) >= 11 is 3.40. The minimum atomic E-state index is -0.376. The van der Waals surface area contributed by atoms with Crippen LogP contribution in [-0.2, 0) is 6.42 Å². The van der Waals surface area contributed by atoms with E-state index in [-0.39, 0.29) is 6.10 Å². The van der Waals surface area contributed by atoms with E-state index < -0.39 is 0 Å². The molecule has 2 nitrogen and oxygen atoms in total. The largest absolute Gasteiger partial charge is 0.392 e. The fraction of sp³-hybridized carbons (Fsp3) is 0.400. The van der Waals surface area contributed by atoms with Gasteiger partial charge in [0.1, 0.15) is 0 Å². The zero-order valence-electron chi connectivity index (χ0n) is 7.41. The van der Waals surface area contributed by atoms with Gasteiger partial charge in [0, 0.05) is 11.0 Å². The molecule has 1 aromatic carbocycles. The van der Waals surface area contributed by atoms with Crippen molar-refractivity contribution in [3.63, 3.8) is 0 Å². The molecule has 0 spiro atoms. The Balaban J connectivity index is 2.45. The first-order chi connectivity index (χ1) is 6.22. The highest BCUT2D eigenvalue weighted by Gasteiger charge is 2.01. The first-order valence-electron chi connectivity index (χ1n) is 4.35. The van der Waals surface area contributed by atoms with Gasteiger partial charge in [-0.25, -0.2) is 0 Å². The van der Waals surface area contributed by atoms with E-state index >= 15 is 0 Å². The number of aliphatic hydroxyl groups is 1. The lowest BCUT2D eigenvalue weighted by atomic mass is 10.1. The van der Waals surface area contributed by atoms with Crippen LogP contribution in [-0.4, -0.2) is 17.8 Å². The lowest BCUT2D eigenvalue weighted by molar-refractivity contribution is 0.173. The average Bonchev–Trinajstić information content (AvgIpc) is 2.14. The summed E-state index contributed by atoms with van der Waals surface area (Å²) in [4.78, 5) is 0. The Morgan fingerprint density at radius 2 is 2.23 bits per heavy atom. The van der Waals surface area contributed by atoms with Crippen molar-refractivity contribution in [1.29, 1.82) is 0 Å². The van der Waals surface area contributed by atoms with Gasteiger partial charge in [-0.15, -0.1) is 0 Å². The van der Waals surface area contributed by atoms with Crippen molar-refractivity contribution in [1.82, 2.24) is 0 Å². The zero-order chi connectivity index (χ0) is 9.68. The third-order valence-corrected chi connectivity index (χ3v) is 2.42. The highest BCUT2D eigenvalue weighted by Crippen LogP contribution is 2.13. The fourth-order valence-electron chi connectivity index (χ4n) is 1.14. The molecule has 1 rings (SSSR count). The van der Waals surface area contributed by atoms with Crippen molar-refractivity contribution in [3.8, 4) is 0 Å². The van der Waals surface area contributed by atoms with E-state index in [0.717, 1.165) is 17.3 Å². The smallest absolute Gasteiger partial charge is 0.0665 e. The number of aliphatic hydroxyl groups excluding tert-OH is 1. The molecule has 0 saturated carbocycles. The van der Waals surface area contributed by atoms with E-state index in [2.05, 4.69) is 22.0 Å². The molecule has 0 heterocycles. The summed E-state index contributed by atoms with van der Waals surface area (Å²) in [6, 6.07) is 8.09. The van der Waals surface area contributed by atoms with E-state index in [1.807, 2.05) is 18.2 Å². The van der Waals surface area contributed by atoms with Crippen LogP contribution in [0, 0.1) is 0 Å². The second-order valence-electron chi connectivity index (χ2n) is 3.06. The molecule has 0 aromatic heterocycles. The van der Waals surface area contributed by atoms with E-state index in [4.69, 9.17) is 5.73 Å². The number of nitrogens with two attached hydrogens (primary N) is 1. The first kappa shape index (κ1) is 10.7. The standard InChI is InChI=1S/C10H14BrNO/c11-9-3-1-2-8(6-9)4-5-10(13)7-12/h1-3,6,10,13H,4-5,7,12H2. The third-order valence-electron chi connectivity index (χ3n) is 1.93. The summed E-state index contributed by atoms with van der Waals surface area (Å²) < 4.78 is 1.08. The molecular weight excluding hydrogens is 230 g/mol. The minimum absolute atomic E-state index is 0.341. The van der Waals surface area contributed by atoms with Crippen molar-refractivity contribution in [3.05, 3.63) is 34.3 Å². The van der Waals surface area contributed by atoms with Gasteiger partial charge in [-0.2, -0.15) is 0 Å². The van der Waals surface area contributed by atoms with E-state index in [1.165, 1.54) is 5.56 Å². The van der Waals surface area contributed by atoms with E-state index in [1.54, 1.807) is 0 Å². The van der Waals surface area contributed by atoms with E-state index in [9.17, 15) is 5.11 Å². The molecule has 1 unspecified atom stereocenters. The summed E-state index contributed by atoms with van der Waals surface area (Å²) in [7, 11) is 0.